The van der Waals surface area contributed by atoms with Gasteiger partial charge in [-0.2, -0.15) is 0 Å². The third-order valence-electron chi connectivity index (χ3n) is 23.6. The third-order valence-corrected chi connectivity index (χ3v) is 29.1. The topological polar surface area (TPSA) is 246 Å². The molecule has 24 heteroatoms. The second-order valence-electron chi connectivity index (χ2n) is 33.1. The molecule has 18 heterocycles. The van der Waals surface area contributed by atoms with Crippen molar-refractivity contribution >= 4 is 246 Å². The molecular weight excluding hydrogens is 1800 g/mol. The van der Waals surface area contributed by atoms with Gasteiger partial charge in [0.1, 0.15) is 99.7 Å². The van der Waals surface area contributed by atoms with Crippen molar-refractivity contribution in [3.05, 3.63) is 392 Å². The number of hydrogen-bond donors (Lipinski definition) is 0. The van der Waals surface area contributed by atoms with Gasteiger partial charge in [-0.25, -0.2) is 59.8 Å². The van der Waals surface area contributed by atoms with Gasteiger partial charge in [0.25, 0.3) is 0 Å². The number of aromatic nitrogens is 15. The van der Waals surface area contributed by atoms with Crippen LogP contribution >= 0.6 is 56.7 Å². The number of furan rings is 4. The van der Waals surface area contributed by atoms with Gasteiger partial charge >= 0.3 is 0 Å². The Morgan fingerprint density at radius 2 is 0.717 bits per heavy atom. The van der Waals surface area contributed by atoms with Crippen LogP contribution in [0.4, 0.5) is 0 Å². The van der Waals surface area contributed by atoms with E-state index in [-0.39, 0.29) is 0 Å². The minimum Gasteiger partial charge on any atom is -0.454 e. The Bertz CT molecular complexity index is 9140. The van der Waals surface area contributed by atoms with E-state index in [1.165, 1.54) is 94.8 Å². The highest BCUT2D eigenvalue weighted by Crippen LogP contribution is 2.41. The zero-order chi connectivity index (χ0) is 93.9. The maximum atomic E-state index is 5.91. The monoisotopic (exact) mass is 1890 g/mol. The number of hydrogen-bond acceptors (Lipinski definition) is 24. The van der Waals surface area contributed by atoms with E-state index in [0.717, 1.165) is 168 Å². The van der Waals surface area contributed by atoms with Crippen molar-refractivity contribution in [2.75, 3.05) is 0 Å². The summed E-state index contributed by atoms with van der Waals surface area (Å²) in [5.74, 6) is 1.58. The van der Waals surface area contributed by atoms with Crippen LogP contribution in [0.25, 0.3) is 212 Å². The summed E-state index contributed by atoms with van der Waals surface area (Å²) in [6.07, 6.45) is 21.3. The summed E-state index contributed by atoms with van der Waals surface area (Å²) < 4.78 is 29.6. The molecule has 0 fully saturated rings. The number of fused-ring (bicyclic) bond motifs is 27. The van der Waals surface area contributed by atoms with Gasteiger partial charge in [-0.15, -0.1) is 56.7 Å². The molecule has 0 radical (unpaired) electrons. The van der Waals surface area contributed by atoms with Gasteiger partial charge < -0.3 is 17.7 Å². The van der Waals surface area contributed by atoms with Crippen molar-refractivity contribution in [1.82, 2.24) is 74.8 Å². The van der Waals surface area contributed by atoms with E-state index < -0.39 is 0 Å². The molecule has 0 atom stereocenters. The molecule has 0 spiro atoms. The van der Waals surface area contributed by atoms with E-state index in [4.69, 9.17) is 17.7 Å². The Morgan fingerprint density at radius 3 is 1.43 bits per heavy atom. The van der Waals surface area contributed by atoms with Gasteiger partial charge in [-0.3, -0.25) is 15.0 Å². The lowest BCUT2D eigenvalue weighted by Gasteiger charge is -2.01. The summed E-state index contributed by atoms with van der Waals surface area (Å²) in [6, 6.07) is 90.5. The number of thiophene rings is 5. The molecule has 29 aromatic rings. The highest BCUT2D eigenvalue weighted by Gasteiger charge is 2.18. The van der Waals surface area contributed by atoms with Gasteiger partial charge in [0, 0.05) is 154 Å². The number of aryl methyl sites for hydroxylation is 9. The summed E-state index contributed by atoms with van der Waals surface area (Å²) in [5, 5.41) is 16.5. The van der Waals surface area contributed by atoms with Crippen molar-refractivity contribution in [3.63, 3.8) is 0 Å². The standard InChI is InChI=1S/C18H13NO.C17H12N2O.2C12H9NO.5C11H8N2S/c1-12-9-10-19-17-15-11-14(13-5-3-2-4-6-13)7-8-16(15)20-18(12)17;1-11-16-15(13-9-5-6-10-14(13)20-16)19-17(18-11)12-7-3-2-4-8-12;1-8-4-5-9-11(7-8)14-10-3-2-6-13-12(9)10;1-8-6-7-13-11-9-4-2-3-5-10(9)14-12(8)11;1-7-2-3-10-8(4-7)9-5-12-6-13-11(9)14-10;1-7-2-3-8-9-5-12-6-13-11(9)14-10(8)4-7;1-7-3-2-4-9-10(7)8-5-12-6-13-11(8)14-9;1-7-3-2-4-8-9-5-12-6-13-11(9)14-10(7)8;1-7-12-6-9-8-4-2-3-5-10(8)14-11(9)13-7/h2-11H,1H3;2-10H,1H3;2*2-7H,1H3;5*2-6H,1H3. The minimum absolute atomic E-state index is 0.738. The SMILES string of the molecule is Cc1ccc2c(c1)oc1cccnc12.Cc1ccc2c(c1)sc1ncncc12.Cc1ccc2sc3ncncc3c2c1.Cc1cccc2c1sc1ncncc12.Cc1cccc2sc3ncncc3c12.Cc1ccnc2c1oc1ccc(-c3ccccc3)cc12.Cc1ccnc2c1oc1ccccc12.Cc1nc(-c2ccccc2)nc2c1oc1ccccc12.Cc1ncc2c(n1)sc1ccccc12. The Balaban J connectivity index is 0.0000000929. The van der Waals surface area contributed by atoms with Crippen LogP contribution in [0.2, 0.25) is 0 Å². The second kappa shape index (κ2) is 38.9. The van der Waals surface area contributed by atoms with Crippen molar-refractivity contribution in [2.45, 2.75) is 62.3 Å². The maximum absolute atomic E-state index is 5.91. The first-order valence-electron chi connectivity index (χ1n) is 44.6. The number of nitrogens with zero attached hydrogens (tertiary/aromatic N) is 15. The molecule has 0 aliphatic heterocycles. The summed E-state index contributed by atoms with van der Waals surface area (Å²) in [5.41, 5.74) is 23.6. The summed E-state index contributed by atoms with van der Waals surface area (Å²) in [7, 11) is 0. The molecule has 29 rings (SSSR count). The van der Waals surface area contributed by atoms with Crippen LogP contribution in [0.1, 0.15) is 50.5 Å². The van der Waals surface area contributed by atoms with Crippen LogP contribution in [0.5, 0.6) is 0 Å². The molecule has 0 saturated heterocycles. The molecule has 0 aliphatic rings. The van der Waals surface area contributed by atoms with Gasteiger partial charge in [0.05, 0.1) is 5.69 Å². The molecule has 138 heavy (non-hydrogen) atoms. The highest BCUT2D eigenvalue weighted by molar-refractivity contribution is 7.27. The fraction of sp³-hybridized carbons (Fsp3) is 0.0789. The molecule has 0 unspecified atom stereocenters. The van der Waals surface area contributed by atoms with E-state index in [9.17, 15) is 0 Å². The molecule has 0 saturated carbocycles. The first-order chi connectivity index (χ1) is 67.6. The van der Waals surface area contributed by atoms with Gasteiger partial charge in [0.15, 0.2) is 28.2 Å². The van der Waals surface area contributed by atoms with Gasteiger partial charge in [-0.1, -0.05) is 169 Å². The van der Waals surface area contributed by atoms with Crippen LogP contribution in [0, 0.1) is 62.3 Å². The minimum atomic E-state index is 0.738. The Hall–Kier alpha value is -16.4. The molecule has 0 aliphatic carbocycles. The normalized spacial score (nSPS) is 11.2. The zero-order valence-corrected chi connectivity index (χ0v) is 80.3. The molecule has 668 valence electrons. The number of rotatable bonds is 2. The first kappa shape index (κ1) is 88.3. The highest BCUT2D eigenvalue weighted by atomic mass is 32.1. The quantitative estimate of drug-likeness (QED) is 0.156. The average Bonchev–Trinajstić information content (AvgIpc) is 1.62. The van der Waals surface area contributed by atoms with Crippen LogP contribution < -0.4 is 0 Å². The average molecular weight is 1890 g/mol. The van der Waals surface area contributed by atoms with Crippen molar-refractivity contribution < 1.29 is 17.7 Å². The third kappa shape index (κ3) is 18.1. The largest absolute Gasteiger partial charge is 0.454 e. The van der Waals surface area contributed by atoms with Crippen molar-refractivity contribution in [1.29, 1.82) is 0 Å². The molecule has 11 aromatic carbocycles. The Labute approximate surface area is 809 Å². The lowest BCUT2D eigenvalue weighted by Crippen LogP contribution is -1.92. The lowest BCUT2D eigenvalue weighted by molar-refractivity contribution is 0.661. The van der Waals surface area contributed by atoms with Crippen LogP contribution in [0.15, 0.2) is 359 Å². The Kier molecular flexibility index (Phi) is 24.9. The van der Waals surface area contributed by atoms with E-state index in [1.54, 1.807) is 88.2 Å². The van der Waals surface area contributed by atoms with Gasteiger partial charge in [0.2, 0.25) is 0 Å². The summed E-state index contributed by atoms with van der Waals surface area (Å²) in [4.78, 5) is 69.7. The second-order valence-corrected chi connectivity index (χ2v) is 38.2. The smallest absolute Gasteiger partial charge is 0.175 e. The summed E-state index contributed by atoms with van der Waals surface area (Å²) >= 11 is 8.63. The number of pyridine rings is 3. The maximum Gasteiger partial charge on any atom is 0.175 e. The first-order valence-corrected chi connectivity index (χ1v) is 48.7. The molecule has 19 nitrogen and oxygen atoms in total. The lowest BCUT2D eigenvalue weighted by atomic mass is 10.0. The van der Waals surface area contributed by atoms with Gasteiger partial charge in [-0.05, 0) is 210 Å². The predicted molar refractivity (Wildman–Crippen MR) is 572 cm³/mol. The van der Waals surface area contributed by atoms with E-state index in [1.807, 2.05) is 198 Å². The summed E-state index contributed by atoms with van der Waals surface area (Å²) in [6.45, 7) is 18.5. The van der Waals surface area contributed by atoms with E-state index in [2.05, 4.69) is 249 Å². The van der Waals surface area contributed by atoms with Crippen LogP contribution in [-0.4, -0.2) is 74.8 Å². The fourth-order valence-corrected chi connectivity index (χ4v) is 22.1. The van der Waals surface area contributed by atoms with E-state index in [0.29, 0.717) is 0 Å². The molecular formula is C114H83N15O4S5. The predicted octanol–water partition coefficient (Wildman–Crippen LogP) is 31.7. The number of benzene rings is 11. The van der Waals surface area contributed by atoms with Crippen molar-refractivity contribution in [2.24, 2.45) is 0 Å². The van der Waals surface area contributed by atoms with E-state index >= 15 is 0 Å². The van der Waals surface area contributed by atoms with Crippen LogP contribution in [-0.2, 0) is 0 Å². The molecule has 0 bridgehead atoms. The van der Waals surface area contributed by atoms with Crippen LogP contribution in [0.3, 0.4) is 0 Å². The fourth-order valence-electron chi connectivity index (χ4n) is 16.7. The molecule has 0 amide bonds. The molecule has 18 aromatic heterocycles. The Morgan fingerprint density at radius 1 is 0.232 bits per heavy atom. The zero-order valence-electron chi connectivity index (χ0n) is 76.2. The molecule has 0 N–H and O–H groups in total. The van der Waals surface area contributed by atoms with Crippen molar-refractivity contribution in [3.8, 4) is 22.5 Å². The number of para-hydroxylation sites is 2.